The van der Waals surface area contributed by atoms with Gasteiger partial charge < -0.3 is 15.7 Å². The summed E-state index contributed by atoms with van der Waals surface area (Å²) >= 11 is 0. The predicted molar refractivity (Wildman–Crippen MR) is 80.1 cm³/mol. The number of benzene rings is 2. The molecule has 0 unspecified atom stereocenters. The lowest BCUT2D eigenvalue weighted by atomic mass is 10.1. The van der Waals surface area contributed by atoms with Gasteiger partial charge in [-0.15, -0.1) is 0 Å². The minimum atomic E-state index is -0.912. The Morgan fingerprint density at radius 2 is 1.76 bits per heavy atom. The molecule has 0 saturated heterocycles. The molecular weight excluding hydrogens is 268 g/mol. The van der Waals surface area contributed by atoms with Crippen LogP contribution in [0.4, 0.5) is 5.69 Å². The molecule has 3 N–H and O–H groups in total. The number of rotatable bonds is 6. The highest BCUT2D eigenvalue weighted by Gasteiger charge is 2.12. The summed E-state index contributed by atoms with van der Waals surface area (Å²) in [6.07, 6.45) is 0. The number of carbonyl (C=O) groups is 2. The van der Waals surface area contributed by atoms with E-state index in [-0.39, 0.29) is 6.54 Å². The number of hydrogen-bond acceptors (Lipinski definition) is 3. The van der Waals surface area contributed by atoms with Crippen LogP contribution in [0.2, 0.25) is 0 Å². The Bertz CT molecular complexity index is 641. The van der Waals surface area contributed by atoms with E-state index in [1.165, 1.54) is 0 Å². The maximum Gasteiger partial charge on any atom is 0.323 e. The summed E-state index contributed by atoms with van der Waals surface area (Å²) in [4.78, 5) is 24.0. The molecule has 0 fully saturated rings. The molecule has 0 bridgehead atoms. The van der Waals surface area contributed by atoms with E-state index in [1.807, 2.05) is 36.4 Å². The van der Waals surface area contributed by atoms with Crippen LogP contribution < -0.4 is 10.6 Å². The summed E-state index contributed by atoms with van der Waals surface area (Å²) in [6.45, 7) is 0.266. The smallest absolute Gasteiger partial charge is 0.323 e. The number of para-hydroxylation sites is 1. The summed E-state index contributed by atoms with van der Waals surface area (Å²) in [5, 5.41) is 9.05. The largest absolute Gasteiger partial charge is 0.480 e. The molecular formula is C16H16N2O3. The van der Waals surface area contributed by atoms with E-state index < -0.39 is 11.9 Å². The number of primary amides is 1. The van der Waals surface area contributed by atoms with E-state index in [2.05, 4.69) is 0 Å². The van der Waals surface area contributed by atoms with Crippen molar-refractivity contribution < 1.29 is 14.7 Å². The first-order valence-electron chi connectivity index (χ1n) is 6.47. The SMILES string of the molecule is NC(=O)c1cccc(CN(CC(=O)O)c2ccccc2)c1. The third-order valence-electron chi connectivity index (χ3n) is 3.03. The fraction of sp³-hybridized carbons (Fsp3) is 0.125. The van der Waals surface area contributed by atoms with Gasteiger partial charge in [-0.3, -0.25) is 9.59 Å². The third-order valence-corrected chi connectivity index (χ3v) is 3.03. The molecule has 0 saturated carbocycles. The molecule has 0 aliphatic heterocycles. The molecule has 2 aromatic carbocycles. The lowest BCUT2D eigenvalue weighted by molar-refractivity contribution is -0.135. The van der Waals surface area contributed by atoms with Crippen molar-refractivity contribution in [1.29, 1.82) is 0 Å². The maximum absolute atomic E-state index is 11.2. The van der Waals surface area contributed by atoms with Crippen molar-refractivity contribution in [1.82, 2.24) is 0 Å². The second-order valence-corrected chi connectivity index (χ2v) is 4.65. The van der Waals surface area contributed by atoms with E-state index >= 15 is 0 Å². The van der Waals surface area contributed by atoms with Crippen molar-refractivity contribution in [3.63, 3.8) is 0 Å². The Kier molecular flexibility index (Phi) is 4.56. The second kappa shape index (κ2) is 6.56. The summed E-state index contributed by atoms with van der Waals surface area (Å²) in [7, 11) is 0. The van der Waals surface area contributed by atoms with Crippen LogP contribution >= 0.6 is 0 Å². The zero-order valence-electron chi connectivity index (χ0n) is 11.4. The van der Waals surface area contributed by atoms with Crippen LogP contribution in [0.15, 0.2) is 54.6 Å². The molecule has 0 aliphatic rings. The molecule has 0 spiro atoms. The summed E-state index contributed by atoms with van der Waals surface area (Å²) < 4.78 is 0. The monoisotopic (exact) mass is 284 g/mol. The summed E-state index contributed by atoms with van der Waals surface area (Å²) in [5.41, 5.74) is 7.31. The van der Waals surface area contributed by atoms with Crippen LogP contribution in [0, 0.1) is 0 Å². The average Bonchev–Trinajstić information content (AvgIpc) is 2.47. The molecule has 21 heavy (non-hydrogen) atoms. The van der Waals surface area contributed by atoms with Crippen LogP contribution in [0.25, 0.3) is 0 Å². The van der Waals surface area contributed by atoms with Crippen LogP contribution in [-0.2, 0) is 11.3 Å². The highest BCUT2D eigenvalue weighted by atomic mass is 16.4. The zero-order chi connectivity index (χ0) is 15.2. The number of aliphatic carboxylic acids is 1. The molecule has 2 rings (SSSR count). The topological polar surface area (TPSA) is 83.6 Å². The van der Waals surface area contributed by atoms with Gasteiger partial charge in [0.15, 0.2) is 0 Å². The minimum Gasteiger partial charge on any atom is -0.480 e. The van der Waals surface area contributed by atoms with E-state index in [4.69, 9.17) is 10.8 Å². The van der Waals surface area contributed by atoms with Gasteiger partial charge in [0.1, 0.15) is 6.54 Å². The predicted octanol–water partition coefficient (Wildman–Crippen LogP) is 1.88. The van der Waals surface area contributed by atoms with Gasteiger partial charge in [0.2, 0.25) is 5.91 Å². The van der Waals surface area contributed by atoms with Gasteiger partial charge in [-0.2, -0.15) is 0 Å². The Hall–Kier alpha value is -2.82. The maximum atomic E-state index is 11.2. The molecule has 108 valence electrons. The molecule has 0 aliphatic carbocycles. The number of amides is 1. The van der Waals surface area contributed by atoms with Crippen molar-refractivity contribution in [2.45, 2.75) is 6.54 Å². The highest BCUT2D eigenvalue weighted by Crippen LogP contribution is 2.17. The Morgan fingerprint density at radius 1 is 1.05 bits per heavy atom. The fourth-order valence-corrected chi connectivity index (χ4v) is 2.08. The van der Waals surface area contributed by atoms with Crippen molar-refractivity contribution in [2.24, 2.45) is 5.73 Å². The van der Waals surface area contributed by atoms with Gasteiger partial charge in [0, 0.05) is 17.8 Å². The Morgan fingerprint density at radius 3 is 2.38 bits per heavy atom. The number of carboxylic acid groups (broad SMARTS) is 1. The normalized spacial score (nSPS) is 10.1. The lowest BCUT2D eigenvalue weighted by Crippen LogP contribution is -2.29. The van der Waals surface area contributed by atoms with Crippen LogP contribution in [-0.4, -0.2) is 23.5 Å². The first kappa shape index (κ1) is 14.6. The molecule has 5 heteroatoms. The van der Waals surface area contributed by atoms with Crippen molar-refractivity contribution in [3.8, 4) is 0 Å². The van der Waals surface area contributed by atoms with Crippen molar-refractivity contribution in [2.75, 3.05) is 11.4 Å². The Balaban J connectivity index is 2.25. The number of nitrogens with zero attached hydrogens (tertiary/aromatic N) is 1. The van der Waals surface area contributed by atoms with Gasteiger partial charge in [0.25, 0.3) is 0 Å². The molecule has 0 atom stereocenters. The summed E-state index contributed by atoms with van der Waals surface area (Å²) in [5.74, 6) is -1.41. The molecule has 0 radical (unpaired) electrons. The van der Waals surface area contributed by atoms with Crippen LogP contribution in [0.5, 0.6) is 0 Å². The first-order chi connectivity index (χ1) is 10.1. The quantitative estimate of drug-likeness (QED) is 0.848. The molecule has 2 aromatic rings. The number of anilines is 1. The third kappa shape index (κ3) is 4.07. The second-order valence-electron chi connectivity index (χ2n) is 4.65. The zero-order valence-corrected chi connectivity index (χ0v) is 11.4. The number of hydrogen-bond donors (Lipinski definition) is 2. The van der Waals surface area contributed by atoms with Gasteiger partial charge in [0.05, 0.1) is 0 Å². The van der Waals surface area contributed by atoms with E-state index in [9.17, 15) is 9.59 Å². The van der Waals surface area contributed by atoms with E-state index in [1.54, 1.807) is 23.1 Å². The molecule has 0 aromatic heterocycles. The fourth-order valence-electron chi connectivity index (χ4n) is 2.08. The minimum absolute atomic E-state index is 0.120. The first-order valence-corrected chi connectivity index (χ1v) is 6.47. The number of carbonyl (C=O) groups excluding carboxylic acids is 1. The van der Waals surface area contributed by atoms with Crippen LogP contribution in [0.1, 0.15) is 15.9 Å². The molecule has 0 heterocycles. The van der Waals surface area contributed by atoms with E-state index in [0.29, 0.717) is 12.1 Å². The molecule has 1 amide bonds. The average molecular weight is 284 g/mol. The standard InChI is InChI=1S/C16H16N2O3/c17-16(21)13-6-4-5-12(9-13)10-18(11-15(19)20)14-7-2-1-3-8-14/h1-9H,10-11H2,(H2,17,21)(H,19,20). The lowest BCUT2D eigenvalue weighted by Gasteiger charge is -2.23. The van der Waals surface area contributed by atoms with Gasteiger partial charge in [-0.25, -0.2) is 0 Å². The number of nitrogens with two attached hydrogens (primary N) is 1. The Labute approximate surface area is 122 Å². The van der Waals surface area contributed by atoms with Gasteiger partial charge >= 0.3 is 5.97 Å². The van der Waals surface area contributed by atoms with Crippen LogP contribution in [0.3, 0.4) is 0 Å². The van der Waals surface area contributed by atoms with Gasteiger partial charge in [-0.05, 0) is 29.8 Å². The van der Waals surface area contributed by atoms with Crippen molar-refractivity contribution in [3.05, 3.63) is 65.7 Å². The number of carboxylic acids is 1. The summed E-state index contributed by atoms with van der Waals surface area (Å²) in [6, 6.07) is 16.2. The van der Waals surface area contributed by atoms with Gasteiger partial charge in [-0.1, -0.05) is 30.3 Å². The van der Waals surface area contributed by atoms with Crippen molar-refractivity contribution >= 4 is 17.6 Å². The molecule has 5 nitrogen and oxygen atoms in total. The highest BCUT2D eigenvalue weighted by molar-refractivity contribution is 5.92. The van der Waals surface area contributed by atoms with E-state index in [0.717, 1.165) is 11.3 Å².